The molecule has 12 nitrogen and oxygen atoms in total. The van der Waals surface area contributed by atoms with Crippen molar-refractivity contribution in [3.05, 3.63) is 190 Å². The number of nitrogens with two attached hydrogens (primary N) is 1. The predicted molar refractivity (Wildman–Crippen MR) is 304 cm³/mol. The Morgan fingerprint density at radius 3 is 1.34 bits per heavy atom. The summed E-state index contributed by atoms with van der Waals surface area (Å²) in [6.45, 7) is 20.9. The minimum absolute atomic E-state index is 0.0537. The van der Waals surface area contributed by atoms with Crippen LogP contribution in [0.15, 0.2) is 152 Å². The zero-order chi connectivity index (χ0) is 62.2. The zero-order valence-electron chi connectivity index (χ0n) is 47.4. The largest absolute Gasteiger partial charge is 0.492 e. The summed E-state index contributed by atoms with van der Waals surface area (Å²) in [7, 11) is 0. The number of nitrogens with zero attached hydrogens (tertiary/aromatic N) is 4. The van der Waals surface area contributed by atoms with Crippen LogP contribution in [0, 0.1) is 0 Å². The second-order valence-corrected chi connectivity index (χ2v) is 18.1. The molecule has 0 bridgehead atoms. The Balaban J connectivity index is 0.00000100. The van der Waals surface area contributed by atoms with Gasteiger partial charge >= 0.3 is 18.5 Å². The Labute approximate surface area is 481 Å². The van der Waals surface area contributed by atoms with Gasteiger partial charge in [-0.15, -0.1) is 0 Å². The topological polar surface area (TPSA) is 163 Å². The summed E-state index contributed by atoms with van der Waals surface area (Å²) >= 11 is 5.28. The molecule has 4 atom stereocenters. The van der Waals surface area contributed by atoms with Crippen LogP contribution in [0.25, 0.3) is 0 Å². The van der Waals surface area contributed by atoms with E-state index in [2.05, 4.69) is 70.1 Å². The number of alkyl halides is 9. The number of pyridine rings is 2. The second kappa shape index (κ2) is 42.4. The summed E-state index contributed by atoms with van der Waals surface area (Å²) in [6, 6.07) is 39.0. The van der Waals surface area contributed by atoms with Gasteiger partial charge in [-0.3, -0.25) is 14.6 Å². The van der Waals surface area contributed by atoms with Crippen molar-refractivity contribution < 1.29 is 68.8 Å². The van der Waals surface area contributed by atoms with Crippen molar-refractivity contribution in [2.75, 3.05) is 46.1 Å². The average molecular weight is 1190 g/mol. The van der Waals surface area contributed by atoms with Crippen LogP contribution in [0.5, 0.6) is 11.6 Å². The summed E-state index contributed by atoms with van der Waals surface area (Å²) in [5.74, 6) is 0.647. The molecule has 0 saturated carbocycles. The first kappa shape index (κ1) is 75.5. The summed E-state index contributed by atoms with van der Waals surface area (Å²) in [4.78, 5) is 30.2. The number of aliphatic hydroxyl groups is 2. The Morgan fingerprint density at radius 1 is 0.585 bits per heavy atom. The van der Waals surface area contributed by atoms with Gasteiger partial charge < -0.3 is 35.5 Å². The molecule has 0 radical (unpaired) electrons. The number of rotatable bonds is 19. The number of halogens is 10. The lowest BCUT2D eigenvalue weighted by atomic mass is 10.2. The number of carbonyl (C=O) groups is 2. The minimum Gasteiger partial charge on any atom is -0.492 e. The van der Waals surface area contributed by atoms with E-state index < -0.39 is 35.2 Å². The third kappa shape index (κ3) is 35.4. The van der Waals surface area contributed by atoms with Crippen molar-refractivity contribution in [1.82, 2.24) is 25.1 Å². The Kier molecular flexibility index (Phi) is 39.0. The monoisotopic (exact) mass is 1180 g/mol. The van der Waals surface area contributed by atoms with Gasteiger partial charge in [-0.2, -0.15) is 39.5 Å². The fourth-order valence-electron chi connectivity index (χ4n) is 6.30. The van der Waals surface area contributed by atoms with Crippen LogP contribution < -0.4 is 20.5 Å². The van der Waals surface area contributed by atoms with E-state index in [1.54, 1.807) is 19.1 Å². The molecule has 82 heavy (non-hydrogen) atoms. The Hall–Kier alpha value is -6.46. The fraction of sp³-hybridized carbons (Fsp3) is 0.400. The number of likely N-dealkylation sites (N-methyl/N-ethyl adjacent to an activating group) is 3. The molecular weight excluding hydrogens is 1110 g/mol. The number of aromatic nitrogens is 2. The number of hydrogen-bond donors (Lipinski definition) is 4. The van der Waals surface area contributed by atoms with Crippen LogP contribution in [0.2, 0.25) is 5.15 Å². The number of aldehydes is 2. The maximum absolute atomic E-state index is 12.5. The van der Waals surface area contributed by atoms with E-state index in [0.29, 0.717) is 25.2 Å². The van der Waals surface area contributed by atoms with Gasteiger partial charge in [0.25, 0.3) is 0 Å². The van der Waals surface area contributed by atoms with E-state index in [1.807, 2.05) is 75.4 Å². The summed E-state index contributed by atoms with van der Waals surface area (Å²) in [6.07, 6.45) is -9.96. The maximum Gasteiger partial charge on any atom is 0.417 e. The molecule has 22 heteroatoms. The summed E-state index contributed by atoms with van der Waals surface area (Å²) in [5.41, 5.74) is 6.07. The predicted octanol–water partition coefficient (Wildman–Crippen LogP) is 13.1. The number of benzene rings is 4. The molecule has 0 spiro atoms. The summed E-state index contributed by atoms with van der Waals surface area (Å²) < 4.78 is 121. The van der Waals surface area contributed by atoms with Crippen LogP contribution >= 0.6 is 11.6 Å². The fourth-order valence-corrected chi connectivity index (χ4v) is 6.41. The normalized spacial score (nSPS) is 12.3. The molecule has 2 heterocycles. The zero-order valence-corrected chi connectivity index (χ0v) is 48.2. The maximum atomic E-state index is 12.5. The quantitative estimate of drug-likeness (QED) is 0.0345. The van der Waals surface area contributed by atoms with E-state index in [1.165, 1.54) is 36.2 Å². The highest BCUT2D eigenvalue weighted by Crippen LogP contribution is 2.31. The van der Waals surface area contributed by atoms with E-state index in [0.717, 1.165) is 87.4 Å². The molecule has 454 valence electrons. The van der Waals surface area contributed by atoms with Crippen LogP contribution in [0.1, 0.15) is 93.6 Å². The van der Waals surface area contributed by atoms with Gasteiger partial charge in [-0.1, -0.05) is 123 Å². The molecule has 2 aromatic heterocycles. The molecular formula is C60H78ClF9N6O6. The average Bonchev–Trinajstić information content (AvgIpc) is 3.49. The molecule has 6 rings (SSSR count). The van der Waals surface area contributed by atoms with Crippen molar-refractivity contribution in [3.63, 3.8) is 0 Å². The Morgan fingerprint density at radius 2 is 1.00 bits per heavy atom. The molecule has 6 aromatic rings. The van der Waals surface area contributed by atoms with E-state index in [9.17, 15) is 44.3 Å². The number of nitrogens with one attached hydrogen (secondary N) is 1. The number of hydrogen-bond acceptors (Lipinski definition) is 12. The molecule has 0 aliphatic carbocycles. The van der Waals surface area contributed by atoms with Gasteiger partial charge in [0.2, 0.25) is 5.88 Å². The second-order valence-electron chi connectivity index (χ2n) is 17.8. The lowest BCUT2D eigenvalue weighted by Gasteiger charge is -2.28. The van der Waals surface area contributed by atoms with Crippen LogP contribution in [0.4, 0.5) is 39.5 Å². The molecule has 5 N–H and O–H groups in total. The van der Waals surface area contributed by atoms with Crippen LogP contribution in [-0.4, -0.2) is 113 Å². The highest BCUT2D eigenvalue weighted by molar-refractivity contribution is 6.29. The van der Waals surface area contributed by atoms with Crippen molar-refractivity contribution in [3.8, 4) is 11.6 Å². The number of carbonyl (C=O) groups excluding carboxylic acids is 2. The third-order valence-electron chi connectivity index (χ3n) is 10.8. The van der Waals surface area contributed by atoms with Crippen molar-refractivity contribution in [2.24, 2.45) is 5.73 Å². The highest BCUT2D eigenvalue weighted by atomic mass is 35.5. The first-order valence-corrected chi connectivity index (χ1v) is 26.4. The van der Waals surface area contributed by atoms with E-state index in [4.69, 9.17) is 41.8 Å². The molecule has 0 amide bonds. The molecule has 4 aromatic carbocycles. The van der Waals surface area contributed by atoms with E-state index in [-0.39, 0.29) is 48.4 Å². The van der Waals surface area contributed by atoms with Gasteiger partial charge in [0.15, 0.2) is 0 Å². The molecule has 0 unspecified atom stereocenters. The van der Waals surface area contributed by atoms with Crippen LogP contribution in [0.3, 0.4) is 0 Å². The molecule has 0 saturated heterocycles. The molecule has 0 fully saturated rings. The SMILES string of the molecule is CC=O.CCN(Cc1ccccc1)[C@@H](C)CO.CCN(Cc1ccccc1)[C@@H](C)COc1ccc(C(F)(F)F)cc1.CCN[C@@H](C)COc1ccc(C(F)(F)F)cn1.C[C@H](N)CO.FC(F)(F)c1ccc(Cl)nc1.O=Cc1ccccc1. The Bertz CT molecular complexity index is 2500. The number of aliphatic hydroxyl groups excluding tert-OH is 2. The lowest BCUT2D eigenvalue weighted by molar-refractivity contribution is -0.138. The van der Waals surface area contributed by atoms with Gasteiger partial charge in [0, 0.05) is 61.3 Å². The lowest BCUT2D eigenvalue weighted by Crippen LogP contribution is -2.36. The van der Waals surface area contributed by atoms with Crippen LogP contribution in [-0.2, 0) is 36.4 Å². The summed E-state index contributed by atoms with van der Waals surface area (Å²) in [5, 5.41) is 20.3. The smallest absolute Gasteiger partial charge is 0.417 e. The first-order valence-electron chi connectivity index (χ1n) is 26.0. The molecule has 0 aliphatic heterocycles. The highest BCUT2D eigenvalue weighted by Gasteiger charge is 2.32. The first-order chi connectivity index (χ1) is 38.7. The van der Waals surface area contributed by atoms with Crippen molar-refractivity contribution in [2.45, 2.75) is 111 Å². The molecule has 0 aliphatic rings. The minimum atomic E-state index is -4.36. The van der Waals surface area contributed by atoms with Gasteiger partial charge in [0.05, 0.1) is 29.9 Å². The van der Waals surface area contributed by atoms with Gasteiger partial charge in [0.1, 0.15) is 36.7 Å². The third-order valence-corrected chi connectivity index (χ3v) is 11.1. The van der Waals surface area contributed by atoms with Crippen molar-refractivity contribution >= 4 is 24.2 Å². The number of ether oxygens (including phenoxy) is 2. The van der Waals surface area contributed by atoms with Gasteiger partial charge in [-0.05, 0) is 108 Å². The van der Waals surface area contributed by atoms with E-state index >= 15 is 0 Å². The van der Waals surface area contributed by atoms with Gasteiger partial charge in [-0.25, -0.2) is 9.97 Å². The van der Waals surface area contributed by atoms with Crippen molar-refractivity contribution in [1.29, 1.82) is 0 Å². The standard InChI is InChI=1S/C19H22F3NO.C12H19NO.C11H15F3N2O.C7H6O.C6H3ClF3N.C3H9NO.C2H4O/c1-3-23(13-16-7-5-4-6-8-16)15(2)14-24-18-11-9-17(10-12-18)19(20,21)22;1-3-13(11(2)10-14)9-12-7-5-4-6-8-12;1-3-15-8(2)7-17-10-5-4-9(6-16-10)11(12,13)14;8-6-7-4-2-1-3-5-7;7-5-2-1-4(3-11-5)6(8,9)10;1-3(4)2-5;1-2-3/h4-12,15H,3,13-14H2,1-2H3;4-8,11,14H,3,9-10H2,1-2H3;4-6,8,15H,3,7H2,1-2H3;1-6H;1-3H;3,5H,2,4H2,1H3;2H,1H3/t15-;11-;8-;;;3-;/m000..0./s1.